The van der Waals surface area contributed by atoms with E-state index in [1.54, 1.807) is 12.3 Å². The molecule has 0 atom stereocenters. The average Bonchev–Trinajstić information content (AvgIpc) is 2.70. The van der Waals surface area contributed by atoms with Crippen molar-refractivity contribution in [3.8, 4) is 16.5 Å². The van der Waals surface area contributed by atoms with Crippen molar-refractivity contribution in [3.63, 3.8) is 0 Å². The summed E-state index contributed by atoms with van der Waals surface area (Å²) in [6, 6.07) is 7.67. The Labute approximate surface area is 110 Å². The van der Waals surface area contributed by atoms with Gasteiger partial charge in [0.1, 0.15) is 14.6 Å². The monoisotopic (exact) mass is 346 g/mol. The molecule has 74 valence electrons. The second kappa shape index (κ2) is 4.47. The second-order valence-electron chi connectivity index (χ2n) is 2.77. The van der Waals surface area contributed by atoms with Gasteiger partial charge in [-0.15, -0.1) is 11.3 Å². The lowest BCUT2D eigenvalue weighted by atomic mass is 10.2. The Morgan fingerprint density at radius 3 is 2.87 bits per heavy atom. The normalized spacial score (nSPS) is 9.93. The molecule has 0 spiro atoms. The van der Waals surface area contributed by atoms with E-state index in [0.717, 1.165) is 14.1 Å². The predicted molar refractivity (Wildman–Crippen MR) is 70.0 cm³/mol. The van der Waals surface area contributed by atoms with Crippen molar-refractivity contribution in [3.05, 3.63) is 38.0 Å². The molecule has 0 unspecified atom stereocenters. The molecule has 0 bridgehead atoms. The van der Waals surface area contributed by atoms with E-state index in [2.05, 4.69) is 33.6 Å². The molecule has 0 fully saturated rings. The van der Waals surface area contributed by atoms with Crippen LogP contribution in [0.1, 0.15) is 4.88 Å². The molecule has 0 radical (unpaired) electrons. The van der Waals surface area contributed by atoms with E-state index in [0.29, 0.717) is 9.90 Å². The summed E-state index contributed by atoms with van der Waals surface area (Å²) in [7, 11) is 0. The van der Waals surface area contributed by atoms with Gasteiger partial charge in [-0.3, -0.25) is 0 Å². The van der Waals surface area contributed by atoms with E-state index < -0.39 is 0 Å². The fraction of sp³-hybridized carbons (Fsp3) is 0. The van der Waals surface area contributed by atoms with Gasteiger partial charge < -0.3 is 0 Å². The maximum absolute atomic E-state index is 8.71. The van der Waals surface area contributed by atoms with Gasteiger partial charge >= 0.3 is 0 Å². The van der Waals surface area contributed by atoms with Gasteiger partial charge in [0.2, 0.25) is 0 Å². The molecule has 2 heterocycles. The van der Waals surface area contributed by atoms with Gasteiger partial charge in [0.15, 0.2) is 0 Å². The summed E-state index contributed by atoms with van der Waals surface area (Å²) < 4.78 is 0.787. The number of rotatable bonds is 1. The van der Waals surface area contributed by atoms with Gasteiger partial charge in [-0.25, -0.2) is 4.98 Å². The Morgan fingerprint density at radius 2 is 2.27 bits per heavy atom. The quantitative estimate of drug-likeness (QED) is 0.579. The zero-order valence-electron chi connectivity index (χ0n) is 7.37. The van der Waals surface area contributed by atoms with Crippen molar-refractivity contribution in [2.45, 2.75) is 0 Å². The van der Waals surface area contributed by atoms with Crippen molar-refractivity contribution in [1.82, 2.24) is 4.98 Å². The third kappa shape index (κ3) is 2.30. The Balaban J connectivity index is 2.46. The van der Waals surface area contributed by atoms with Crippen LogP contribution in [0.3, 0.4) is 0 Å². The maximum atomic E-state index is 8.71. The van der Waals surface area contributed by atoms with Gasteiger partial charge in [-0.2, -0.15) is 5.26 Å². The van der Waals surface area contributed by atoms with Gasteiger partial charge in [0.05, 0.1) is 5.02 Å². The number of pyridine rings is 1. The van der Waals surface area contributed by atoms with Gasteiger partial charge in [0, 0.05) is 16.6 Å². The molecule has 0 saturated carbocycles. The summed E-state index contributed by atoms with van der Waals surface area (Å²) in [5.74, 6) is 0. The second-order valence-corrected chi connectivity index (χ2v) is 5.29. The Hall–Kier alpha value is -0.640. The highest BCUT2D eigenvalue weighted by atomic mass is 127. The van der Waals surface area contributed by atoms with Crippen LogP contribution in [0.15, 0.2) is 24.4 Å². The summed E-state index contributed by atoms with van der Waals surface area (Å²) in [5.41, 5.74) is 0.951. The van der Waals surface area contributed by atoms with Crippen LogP contribution in [0.25, 0.3) is 10.4 Å². The number of thiophene rings is 1. The Kier molecular flexibility index (Phi) is 3.24. The van der Waals surface area contributed by atoms with Crippen molar-refractivity contribution < 1.29 is 0 Å². The molecule has 0 aliphatic heterocycles. The maximum Gasteiger partial charge on any atom is 0.119 e. The average molecular weight is 347 g/mol. The van der Waals surface area contributed by atoms with Crippen molar-refractivity contribution >= 4 is 45.5 Å². The number of hydrogen-bond donors (Lipinski definition) is 0. The van der Waals surface area contributed by atoms with E-state index in [1.165, 1.54) is 11.3 Å². The van der Waals surface area contributed by atoms with Crippen LogP contribution in [0.2, 0.25) is 5.02 Å². The van der Waals surface area contributed by atoms with Crippen molar-refractivity contribution in [2.24, 2.45) is 0 Å². The van der Waals surface area contributed by atoms with Crippen molar-refractivity contribution in [1.29, 1.82) is 5.26 Å². The number of aromatic nitrogens is 1. The minimum atomic E-state index is 0.639. The van der Waals surface area contributed by atoms with Gasteiger partial charge in [-0.1, -0.05) is 11.6 Å². The van der Waals surface area contributed by atoms with Crippen LogP contribution in [-0.2, 0) is 0 Å². The molecule has 2 nitrogen and oxygen atoms in total. The minimum absolute atomic E-state index is 0.639. The summed E-state index contributed by atoms with van der Waals surface area (Å²) in [6.07, 6.45) is 1.76. The number of halogens is 2. The van der Waals surface area contributed by atoms with Crippen LogP contribution in [0.5, 0.6) is 0 Å². The summed E-state index contributed by atoms with van der Waals surface area (Å²) >= 11 is 9.49. The molecule has 5 heteroatoms. The van der Waals surface area contributed by atoms with Crippen molar-refractivity contribution in [2.75, 3.05) is 0 Å². The predicted octanol–water partition coefficient (Wildman–Crippen LogP) is 3.94. The van der Waals surface area contributed by atoms with Gasteiger partial charge in [0.25, 0.3) is 0 Å². The zero-order chi connectivity index (χ0) is 10.8. The van der Waals surface area contributed by atoms with E-state index in [-0.39, 0.29) is 0 Å². The molecule has 2 aromatic heterocycles. The lowest BCUT2D eigenvalue weighted by Gasteiger charge is -1.98. The van der Waals surface area contributed by atoms with Crippen LogP contribution >= 0.6 is 45.5 Å². The number of nitrogens with zero attached hydrogens (tertiary/aromatic N) is 2. The fourth-order valence-corrected chi connectivity index (χ4v) is 2.35. The van der Waals surface area contributed by atoms with E-state index in [4.69, 9.17) is 16.9 Å². The van der Waals surface area contributed by atoms with Gasteiger partial charge in [-0.05, 0) is 40.8 Å². The standard InChI is InChI=1S/C10H4ClIN2S/c11-8-3-6(5-14-10(8)12)9-2-1-7(4-13)15-9/h1-3,5H. The molecule has 0 amide bonds. The van der Waals surface area contributed by atoms with E-state index >= 15 is 0 Å². The third-order valence-corrected chi connectivity index (χ3v) is 4.30. The molecular formula is C10H4ClIN2S. The Morgan fingerprint density at radius 1 is 1.47 bits per heavy atom. The van der Waals surface area contributed by atoms with Crippen LogP contribution in [0.4, 0.5) is 0 Å². The SMILES string of the molecule is N#Cc1ccc(-c2cnc(I)c(Cl)c2)s1. The highest BCUT2D eigenvalue weighted by Gasteiger charge is 2.05. The minimum Gasteiger partial charge on any atom is -0.248 e. The van der Waals surface area contributed by atoms with E-state index in [1.807, 2.05) is 12.1 Å². The van der Waals surface area contributed by atoms with Crippen LogP contribution in [-0.4, -0.2) is 4.98 Å². The smallest absolute Gasteiger partial charge is 0.119 e. The molecule has 0 saturated heterocycles. The van der Waals surface area contributed by atoms with Crippen LogP contribution < -0.4 is 0 Å². The van der Waals surface area contributed by atoms with Crippen LogP contribution in [0, 0.1) is 15.0 Å². The first kappa shape index (κ1) is 10.9. The molecule has 2 rings (SSSR count). The first-order valence-corrected chi connectivity index (χ1v) is 6.29. The largest absolute Gasteiger partial charge is 0.248 e. The fourth-order valence-electron chi connectivity index (χ4n) is 1.11. The molecular weight excluding hydrogens is 343 g/mol. The molecule has 0 aliphatic carbocycles. The Bertz CT molecular complexity index is 545. The highest BCUT2D eigenvalue weighted by Crippen LogP contribution is 2.30. The highest BCUT2D eigenvalue weighted by molar-refractivity contribution is 14.1. The summed E-state index contributed by atoms with van der Waals surface area (Å²) in [5, 5.41) is 9.35. The first-order valence-electron chi connectivity index (χ1n) is 4.02. The molecule has 15 heavy (non-hydrogen) atoms. The summed E-state index contributed by atoms with van der Waals surface area (Å²) in [6.45, 7) is 0. The summed E-state index contributed by atoms with van der Waals surface area (Å²) in [4.78, 5) is 5.87. The zero-order valence-corrected chi connectivity index (χ0v) is 11.1. The number of hydrogen-bond acceptors (Lipinski definition) is 3. The third-order valence-electron chi connectivity index (χ3n) is 1.80. The molecule has 2 aromatic rings. The molecule has 0 aliphatic rings. The number of nitriles is 1. The lowest BCUT2D eigenvalue weighted by Crippen LogP contribution is -1.82. The molecule has 0 aromatic carbocycles. The lowest BCUT2D eigenvalue weighted by molar-refractivity contribution is 1.28. The first-order chi connectivity index (χ1) is 7.20. The topological polar surface area (TPSA) is 36.7 Å². The molecule has 0 N–H and O–H groups in total. The van der Waals surface area contributed by atoms with E-state index in [9.17, 15) is 0 Å².